The molecule has 0 fully saturated rings. The molecule has 10 heteroatoms. The molecule has 6 rings (SSSR count). The van der Waals surface area contributed by atoms with Gasteiger partial charge in [-0.1, -0.05) is 23.7 Å². The Labute approximate surface area is 217 Å². The molecule has 1 aliphatic heterocycles. The summed E-state index contributed by atoms with van der Waals surface area (Å²) in [6.45, 7) is 0.976. The fraction of sp³-hybridized carbons (Fsp3) is 0.222. The quantitative estimate of drug-likeness (QED) is 0.337. The fourth-order valence-electron chi connectivity index (χ4n) is 4.91. The first-order valence-electron chi connectivity index (χ1n) is 11.9. The molecule has 1 aliphatic carbocycles. The Bertz CT molecular complexity index is 1520. The van der Waals surface area contributed by atoms with Gasteiger partial charge in [-0.25, -0.2) is 18.7 Å². The van der Waals surface area contributed by atoms with Gasteiger partial charge in [-0.3, -0.25) is 0 Å². The predicted octanol–water partition coefficient (Wildman–Crippen LogP) is 5.80. The van der Waals surface area contributed by atoms with E-state index < -0.39 is 11.6 Å². The molecule has 4 bridgehead atoms. The van der Waals surface area contributed by atoms with Gasteiger partial charge in [-0.05, 0) is 42.7 Å². The van der Waals surface area contributed by atoms with Crippen molar-refractivity contribution in [1.82, 2.24) is 19.5 Å². The van der Waals surface area contributed by atoms with E-state index in [1.54, 1.807) is 17.1 Å². The van der Waals surface area contributed by atoms with Gasteiger partial charge >= 0.3 is 0 Å². The van der Waals surface area contributed by atoms with Crippen molar-refractivity contribution in [1.29, 1.82) is 0 Å². The second-order valence-corrected chi connectivity index (χ2v) is 9.45. The van der Waals surface area contributed by atoms with Crippen molar-refractivity contribution in [3.05, 3.63) is 94.7 Å². The van der Waals surface area contributed by atoms with Gasteiger partial charge in [0.15, 0.2) is 0 Å². The van der Waals surface area contributed by atoms with Gasteiger partial charge in [-0.2, -0.15) is 4.98 Å². The van der Waals surface area contributed by atoms with Crippen LogP contribution in [0.3, 0.4) is 0 Å². The summed E-state index contributed by atoms with van der Waals surface area (Å²) < 4.78 is 36.2. The Morgan fingerprint density at radius 2 is 2.00 bits per heavy atom. The van der Waals surface area contributed by atoms with Gasteiger partial charge in [-0.15, -0.1) is 0 Å². The molecule has 0 saturated carbocycles. The van der Waals surface area contributed by atoms with Gasteiger partial charge in [0.1, 0.15) is 41.3 Å². The zero-order chi connectivity index (χ0) is 25.5. The number of fused-ring (bicyclic) bond motifs is 6. The highest BCUT2D eigenvalue weighted by molar-refractivity contribution is 6.29. The molecule has 4 aromatic rings. The third-order valence-electron chi connectivity index (χ3n) is 6.66. The Balaban J connectivity index is 1.44. The number of nitrogens with zero attached hydrogens (tertiary/aromatic N) is 5. The minimum absolute atomic E-state index is 0.287. The van der Waals surface area contributed by atoms with E-state index in [0.29, 0.717) is 48.4 Å². The molecule has 2 aliphatic rings. The molecule has 0 spiro atoms. The van der Waals surface area contributed by atoms with Crippen LogP contribution in [0.25, 0.3) is 5.69 Å². The van der Waals surface area contributed by atoms with E-state index in [2.05, 4.69) is 10.3 Å². The summed E-state index contributed by atoms with van der Waals surface area (Å²) in [5.41, 5.74) is 3.69. The lowest BCUT2D eigenvalue weighted by Crippen LogP contribution is -2.21. The largest absolute Gasteiger partial charge is 0.487 e. The number of halogens is 3. The average Bonchev–Trinajstić information content (AvgIpc) is 3.49. The van der Waals surface area contributed by atoms with Gasteiger partial charge in [0.05, 0.1) is 11.4 Å². The van der Waals surface area contributed by atoms with Crippen LogP contribution in [0.15, 0.2) is 61.1 Å². The lowest BCUT2D eigenvalue weighted by Gasteiger charge is -2.21. The second-order valence-electron chi connectivity index (χ2n) is 9.07. The Morgan fingerprint density at radius 1 is 1.11 bits per heavy atom. The molecule has 188 valence electrons. The van der Waals surface area contributed by atoms with Gasteiger partial charge in [0.25, 0.3) is 0 Å². The minimum Gasteiger partial charge on any atom is -0.487 e. The van der Waals surface area contributed by atoms with Crippen molar-refractivity contribution in [2.24, 2.45) is 0 Å². The van der Waals surface area contributed by atoms with E-state index >= 15 is 0 Å². The molecular formula is C27H23ClF2N6O. The van der Waals surface area contributed by atoms with Crippen LogP contribution in [0.2, 0.25) is 5.15 Å². The summed E-state index contributed by atoms with van der Waals surface area (Å²) in [6, 6.07) is 9.39. The summed E-state index contributed by atoms with van der Waals surface area (Å²) in [5, 5.41) is 3.68. The van der Waals surface area contributed by atoms with Crippen LogP contribution >= 0.6 is 11.6 Å². The average molecular weight is 521 g/mol. The molecule has 37 heavy (non-hydrogen) atoms. The van der Waals surface area contributed by atoms with Crippen molar-refractivity contribution in [2.75, 3.05) is 30.4 Å². The smallest absolute Gasteiger partial charge is 0.229 e. The van der Waals surface area contributed by atoms with Crippen molar-refractivity contribution < 1.29 is 13.5 Å². The van der Waals surface area contributed by atoms with E-state index in [9.17, 15) is 8.78 Å². The summed E-state index contributed by atoms with van der Waals surface area (Å²) >= 11 is 6.03. The molecule has 0 saturated heterocycles. The molecule has 1 N–H and O–H groups in total. The predicted molar refractivity (Wildman–Crippen MR) is 138 cm³/mol. The van der Waals surface area contributed by atoms with Crippen molar-refractivity contribution >= 4 is 29.1 Å². The molecular weight excluding hydrogens is 498 g/mol. The maximum Gasteiger partial charge on any atom is 0.229 e. The second kappa shape index (κ2) is 9.48. The number of hydrogen-bond acceptors (Lipinski definition) is 6. The van der Waals surface area contributed by atoms with Gasteiger partial charge in [0.2, 0.25) is 5.95 Å². The van der Waals surface area contributed by atoms with Crippen molar-refractivity contribution in [3.63, 3.8) is 0 Å². The number of nitrogens with one attached hydrogen (secondary N) is 1. The van der Waals surface area contributed by atoms with Crippen LogP contribution < -0.4 is 15.0 Å². The van der Waals surface area contributed by atoms with Gasteiger partial charge in [0, 0.05) is 49.1 Å². The standard InChI is InChI=1S/C27H23ClF2N6O/c1-35-10-2-3-11-37-23-13-17(5-9-22(23)36-14-24(28)31-15-36)32-27-33-25-19(7-8-20(25)26(35)34-27)18-6-4-16(29)12-21(18)30/h2-6,9,12-15,19H,7-8,10-11H2,1H3,(H,32,33,34)/b3-2-. The molecule has 7 nitrogen and oxygen atoms in total. The third kappa shape index (κ3) is 4.51. The molecule has 0 radical (unpaired) electrons. The molecule has 1 atom stereocenters. The normalized spacial score (nSPS) is 17.6. The zero-order valence-electron chi connectivity index (χ0n) is 20.0. The number of likely N-dealkylation sites (N-methyl/N-ethyl adjacent to an activating group) is 1. The maximum absolute atomic E-state index is 14.8. The number of aromatic nitrogens is 4. The lowest BCUT2D eigenvalue weighted by molar-refractivity contribution is 0.361. The summed E-state index contributed by atoms with van der Waals surface area (Å²) in [4.78, 5) is 15.8. The molecule has 0 amide bonds. The van der Waals surface area contributed by atoms with E-state index in [-0.39, 0.29) is 5.92 Å². The number of rotatable bonds is 2. The van der Waals surface area contributed by atoms with Crippen molar-refractivity contribution in [2.45, 2.75) is 18.8 Å². The molecule has 1 unspecified atom stereocenters. The van der Waals surface area contributed by atoms with Crippen LogP contribution in [0.5, 0.6) is 5.75 Å². The first-order chi connectivity index (χ1) is 18.0. The van der Waals surface area contributed by atoms with Crippen LogP contribution in [-0.2, 0) is 6.42 Å². The highest BCUT2D eigenvalue weighted by Gasteiger charge is 2.32. The topological polar surface area (TPSA) is 68.1 Å². The first-order valence-corrected chi connectivity index (χ1v) is 12.3. The summed E-state index contributed by atoms with van der Waals surface area (Å²) in [6.07, 6.45) is 8.69. The van der Waals surface area contributed by atoms with E-state index in [4.69, 9.17) is 26.3 Å². The number of imidazole rings is 1. The van der Waals surface area contributed by atoms with Crippen LogP contribution in [-0.4, -0.2) is 39.7 Å². The number of benzene rings is 2. The first kappa shape index (κ1) is 23.4. The van der Waals surface area contributed by atoms with Crippen LogP contribution in [0.1, 0.15) is 29.2 Å². The van der Waals surface area contributed by atoms with E-state index in [0.717, 1.165) is 34.5 Å². The highest BCUT2D eigenvalue weighted by Crippen LogP contribution is 2.42. The third-order valence-corrected chi connectivity index (χ3v) is 6.85. The lowest BCUT2D eigenvalue weighted by atomic mass is 9.96. The summed E-state index contributed by atoms with van der Waals surface area (Å²) in [5.74, 6) is 0.358. The maximum atomic E-state index is 14.8. The van der Waals surface area contributed by atoms with E-state index in [1.807, 2.05) is 42.3 Å². The van der Waals surface area contributed by atoms with Crippen LogP contribution in [0, 0.1) is 11.6 Å². The number of hydrogen-bond donors (Lipinski definition) is 1. The minimum atomic E-state index is -0.596. The summed E-state index contributed by atoms with van der Waals surface area (Å²) in [7, 11) is 1.96. The molecule has 2 aromatic heterocycles. The number of ether oxygens (including phenoxy) is 1. The monoisotopic (exact) mass is 520 g/mol. The molecule has 2 aromatic carbocycles. The Morgan fingerprint density at radius 3 is 2.81 bits per heavy atom. The van der Waals surface area contributed by atoms with E-state index in [1.165, 1.54) is 12.1 Å². The highest BCUT2D eigenvalue weighted by atomic mass is 35.5. The van der Waals surface area contributed by atoms with Crippen molar-refractivity contribution in [3.8, 4) is 11.4 Å². The fourth-order valence-corrected chi connectivity index (χ4v) is 5.06. The zero-order valence-corrected chi connectivity index (χ0v) is 20.7. The Kier molecular flexibility index (Phi) is 6.00. The Hall–Kier alpha value is -3.98. The number of anilines is 3. The van der Waals surface area contributed by atoms with Gasteiger partial charge < -0.3 is 19.5 Å². The SMILES string of the molecule is CN1C/C=C\COc2cc(ccc2-n2cnc(Cl)c2)Nc2nc3c(c1n2)CCC3c1ccc(F)cc1F. The molecule has 3 heterocycles. The van der Waals surface area contributed by atoms with Crippen LogP contribution in [0.4, 0.5) is 26.2 Å².